The van der Waals surface area contributed by atoms with Gasteiger partial charge in [0.05, 0.1) is 11.4 Å². The maximum atomic E-state index is 12.0. The van der Waals surface area contributed by atoms with Gasteiger partial charge in [-0.3, -0.25) is 4.79 Å². The second kappa shape index (κ2) is 8.77. The first-order chi connectivity index (χ1) is 14.1. The summed E-state index contributed by atoms with van der Waals surface area (Å²) in [7, 11) is 0.505. The van der Waals surface area contributed by atoms with E-state index in [1.165, 1.54) is 6.26 Å². The van der Waals surface area contributed by atoms with Crippen LogP contribution in [0.25, 0.3) is 22.3 Å². The number of hydrogen-bond acceptors (Lipinski definition) is 6. The second-order valence-corrected chi connectivity index (χ2v) is 9.62. The molecule has 0 fully saturated rings. The van der Waals surface area contributed by atoms with E-state index in [-0.39, 0.29) is 10.7 Å². The third-order valence-corrected chi connectivity index (χ3v) is 5.82. The zero-order chi connectivity index (χ0) is 21.9. The highest BCUT2D eigenvalue weighted by molar-refractivity contribution is 7.90. The smallest absolute Gasteiger partial charge is 0.175 e. The predicted molar refractivity (Wildman–Crippen MR) is 120 cm³/mol. The number of ketones is 1. The van der Waals surface area contributed by atoms with Crippen molar-refractivity contribution in [2.45, 2.75) is 11.3 Å². The monoisotopic (exact) mass is 423 g/mol. The van der Waals surface area contributed by atoms with Crippen molar-refractivity contribution in [2.24, 2.45) is 0 Å². The minimum atomic E-state index is -3.24. The Morgan fingerprint density at radius 1 is 0.967 bits per heavy atom. The largest absolute Gasteiger partial charge is 0.383 e. The maximum absolute atomic E-state index is 12.0. The molecule has 2 aromatic carbocycles. The second-order valence-electron chi connectivity index (χ2n) is 7.60. The van der Waals surface area contributed by atoms with E-state index in [2.05, 4.69) is 4.98 Å². The lowest BCUT2D eigenvalue weighted by atomic mass is 9.99. The van der Waals surface area contributed by atoms with Gasteiger partial charge in [0.2, 0.25) is 0 Å². The summed E-state index contributed by atoms with van der Waals surface area (Å²) >= 11 is 0. The number of sulfone groups is 1. The fourth-order valence-corrected chi connectivity index (χ4v) is 3.83. The van der Waals surface area contributed by atoms with Crippen LogP contribution < -0.4 is 5.73 Å². The average molecular weight is 424 g/mol. The summed E-state index contributed by atoms with van der Waals surface area (Å²) in [4.78, 5) is 18.4. The number of anilines is 1. The summed E-state index contributed by atoms with van der Waals surface area (Å²) in [6.07, 6.45) is 3.24. The number of benzene rings is 2. The van der Waals surface area contributed by atoms with Crippen LogP contribution in [0.3, 0.4) is 0 Å². The Hall–Kier alpha value is -3.03. The predicted octanol–water partition coefficient (Wildman–Crippen LogP) is 3.07. The van der Waals surface area contributed by atoms with E-state index in [9.17, 15) is 13.2 Å². The number of aromatic nitrogens is 1. The van der Waals surface area contributed by atoms with Crippen LogP contribution in [0.1, 0.15) is 5.56 Å². The summed E-state index contributed by atoms with van der Waals surface area (Å²) in [6, 6.07) is 16.3. The third kappa shape index (κ3) is 5.31. The molecule has 3 aromatic rings. The van der Waals surface area contributed by atoms with E-state index in [0.717, 1.165) is 27.8 Å². The van der Waals surface area contributed by atoms with Gasteiger partial charge in [-0.15, -0.1) is 0 Å². The Kier molecular flexibility index (Phi) is 6.34. The van der Waals surface area contributed by atoms with Gasteiger partial charge < -0.3 is 10.6 Å². The first-order valence-electron chi connectivity index (χ1n) is 9.45. The number of carbonyl (C=O) groups is 1. The van der Waals surface area contributed by atoms with E-state index in [0.29, 0.717) is 18.8 Å². The Bertz CT molecular complexity index is 1150. The molecule has 0 radical (unpaired) electrons. The first-order valence-corrected chi connectivity index (χ1v) is 11.3. The minimum Gasteiger partial charge on any atom is -0.383 e. The SMILES string of the molecule is CN(C)CC(=O)Cc1ccc(-c2cc(-c3ccc(S(C)(=O)=O)cc3)cnc2N)cc1. The van der Waals surface area contributed by atoms with Crippen LogP contribution in [0.4, 0.5) is 5.82 Å². The van der Waals surface area contributed by atoms with Crippen molar-refractivity contribution < 1.29 is 13.2 Å². The van der Waals surface area contributed by atoms with Gasteiger partial charge in [-0.2, -0.15) is 0 Å². The van der Waals surface area contributed by atoms with Gasteiger partial charge in [0.25, 0.3) is 0 Å². The van der Waals surface area contributed by atoms with Crippen molar-refractivity contribution in [3.8, 4) is 22.3 Å². The molecule has 0 aliphatic carbocycles. The van der Waals surface area contributed by atoms with Crippen LogP contribution in [0.5, 0.6) is 0 Å². The molecular weight excluding hydrogens is 398 g/mol. The lowest BCUT2D eigenvalue weighted by Crippen LogP contribution is -2.22. The zero-order valence-corrected chi connectivity index (χ0v) is 18.1. The van der Waals surface area contributed by atoms with Crippen molar-refractivity contribution in [3.63, 3.8) is 0 Å². The molecule has 0 aliphatic heterocycles. The molecule has 0 saturated heterocycles. The number of carbonyl (C=O) groups excluding carboxylic acids is 1. The van der Waals surface area contributed by atoms with Crippen molar-refractivity contribution in [2.75, 3.05) is 32.6 Å². The van der Waals surface area contributed by atoms with Crippen LogP contribution in [-0.2, 0) is 21.1 Å². The highest BCUT2D eigenvalue weighted by Gasteiger charge is 2.11. The van der Waals surface area contributed by atoms with E-state index < -0.39 is 9.84 Å². The standard InChI is InChI=1S/C23H25N3O3S/c1-26(2)15-20(27)12-16-4-6-18(7-5-16)22-13-19(14-25-23(22)24)17-8-10-21(11-9-17)30(3,28)29/h4-11,13-14H,12,15H2,1-3H3,(H2,24,25). The van der Waals surface area contributed by atoms with Gasteiger partial charge in [-0.05, 0) is 49.0 Å². The molecular formula is C23H25N3O3S. The van der Waals surface area contributed by atoms with Gasteiger partial charge in [0, 0.05) is 30.0 Å². The molecule has 0 spiro atoms. The van der Waals surface area contributed by atoms with Crippen molar-refractivity contribution >= 4 is 21.4 Å². The Balaban J connectivity index is 1.86. The van der Waals surface area contributed by atoms with Gasteiger partial charge in [0.1, 0.15) is 5.82 Å². The maximum Gasteiger partial charge on any atom is 0.175 e. The fraction of sp³-hybridized carbons (Fsp3) is 0.217. The normalized spacial score (nSPS) is 11.6. The molecule has 3 rings (SSSR count). The Morgan fingerprint density at radius 3 is 2.13 bits per heavy atom. The van der Waals surface area contributed by atoms with Crippen molar-refractivity contribution in [1.29, 1.82) is 0 Å². The summed E-state index contributed by atoms with van der Waals surface area (Å²) in [5, 5.41) is 0. The van der Waals surface area contributed by atoms with Crippen molar-refractivity contribution in [1.82, 2.24) is 9.88 Å². The molecule has 0 atom stereocenters. The van der Waals surface area contributed by atoms with E-state index in [1.54, 1.807) is 30.5 Å². The Labute approximate surface area is 177 Å². The third-order valence-electron chi connectivity index (χ3n) is 4.69. The molecule has 0 saturated carbocycles. The number of nitrogen functional groups attached to an aromatic ring is 1. The number of nitrogens with zero attached hydrogens (tertiary/aromatic N) is 2. The topological polar surface area (TPSA) is 93.4 Å². The number of hydrogen-bond donors (Lipinski definition) is 1. The number of rotatable bonds is 7. The van der Waals surface area contributed by atoms with Crippen LogP contribution in [0.15, 0.2) is 65.7 Å². The molecule has 0 bridgehead atoms. The average Bonchev–Trinajstić information content (AvgIpc) is 2.68. The lowest BCUT2D eigenvalue weighted by molar-refractivity contribution is -0.119. The number of nitrogens with two attached hydrogens (primary N) is 1. The van der Waals surface area contributed by atoms with Crippen molar-refractivity contribution in [3.05, 3.63) is 66.4 Å². The first kappa shape index (κ1) is 21.7. The summed E-state index contributed by atoms with van der Waals surface area (Å²) < 4.78 is 23.3. The molecule has 7 heteroatoms. The molecule has 30 heavy (non-hydrogen) atoms. The van der Waals surface area contributed by atoms with Gasteiger partial charge >= 0.3 is 0 Å². The molecule has 2 N–H and O–H groups in total. The number of Topliss-reactive ketones (excluding diaryl/α,β-unsaturated/α-hetero) is 1. The van der Waals surface area contributed by atoms with Crippen LogP contribution in [-0.4, -0.2) is 51.0 Å². The summed E-state index contributed by atoms with van der Waals surface area (Å²) in [6.45, 7) is 0.415. The summed E-state index contributed by atoms with van der Waals surface area (Å²) in [5.74, 6) is 0.566. The minimum absolute atomic E-state index is 0.161. The molecule has 6 nitrogen and oxygen atoms in total. The van der Waals surface area contributed by atoms with Crippen LogP contribution in [0, 0.1) is 0 Å². The van der Waals surface area contributed by atoms with Gasteiger partial charge in [-0.1, -0.05) is 36.4 Å². The molecule has 1 heterocycles. The molecule has 0 aliphatic rings. The van der Waals surface area contributed by atoms with Crippen LogP contribution in [0.2, 0.25) is 0 Å². The Morgan fingerprint density at radius 2 is 1.57 bits per heavy atom. The fourth-order valence-electron chi connectivity index (χ4n) is 3.20. The summed E-state index contributed by atoms with van der Waals surface area (Å²) in [5.41, 5.74) is 10.4. The van der Waals surface area contributed by atoms with Crippen LogP contribution >= 0.6 is 0 Å². The number of pyridine rings is 1. The van der Waals surface area contributed by atoms with E-state index in [4.69, 9.17) is 5.73 Å². The molecule has 0 amide bonds. The highest BCUT2D eigenvalue weighted by Crippen LogP contribution is 2.30. The lowest BCUT2D eigenvalue weighted by Gasteiger charge is -2.11. The molecule has 1 aromatic heterocycles. The molecule has 156 valence electrons. The van der Waals surface area contributed by atoms with E-state index in [1.807, 2.05) is 49.3 Å². The zero-order valence-electron chi connectivity index (χ0n) is 17.3. The van der Waals surface area contributed by atoms with Gasteiger partial charge in [-0.25, -0.2) is 13.4 Å². The van der Waals surface area contributed by atoms with E-state index >= 15 is 0 Å². The highest BCUT2D eigenvalue weighted by atomic mass is 32.2. The van der Waals surface area contributed by atoms with Gasteiger partial charge in [0.15, 0.2) is 15.6 Å². The number of likely N-dealkylation sites (N-methyl/N-ethyl adjacent to an activating group) is 1. The quantitative estimate of drug-likeness (QED) is 0.628. The molecule has 0 unspecified atom stereocenters.